The Morgan fingerprint density at radius 3 is 2.89 bits per heavy atom. The lowest BCUT2D eigenvalue weighted by molar-refractivity contribution is 0.0944. The van der Waals surface area contributed by atoms with Crippen LogP contribution in [0.4, 0.5) is 10.1 Å². The molecule has 4 nitrogen and oxygen atoms in total. The molecule has 1 aromatic heterocycles. The second-order valence-corrected chi connectivity index (χ2v) is 7.68. The van der Waals surface area contributed by atoms with E-state index in [1.807, 2.05) is 31.2 Å². The van der Waals surface area contributed by atoms with Gasteiger partial charge < -0.3 is 14.1 Å². The molecule has 6 heteroatoms. The van der Waals surface area contributed by atoms with Crippen LogP contribution in [-0.4, -0.2) is 11.9 Å². The first kappa shape index (κ1) is 18.7. The maximum atomic E-state index is 13.6. The Morgan fingerprint density at radius 2 is 2.07 bits per heavy atom. The first-order valence-electron chi connectivity index (χ1n) is 9.11. The van der Waals surface area contributed by atoms with Gasteiger partial charge in [-0.15, -0.1) is 0 Å². The lowest BCUT2D eigenvalue weighted by atomic mass is 9.96. The number of ether oxygens (including phenoxy) is 1. The average molecular weight is 444 g/mol. The number of amides is 1. The van der Waals surface area contributed by atoms with E-state index in [9.17, 15) is 9.18 Å². The molecule has 0 unspecified atom stereocenters. The fourth-order valence-corrected chi connectivity index (χ4v) is 3.83. The highest BCUT2D eigenvalue weighted by molar-refractivity contribution is 9.10. The van der Waals surface area contributed by atoms with Gasteiger partial charge in [-0.1, -0.05) is 12.1 Å². The minimum Gasteiger partial charge on any atom is -0.484 e. The molecule has 4 rings (SSSR count). The van der Waals surface area contributed by atoms with Gasteiger partial charge in [0.05, 0.1) is 4.47 Å². The average Bonchev–Trinajstić information content (AvgIpc) is 3.16. The van der Waals surface area contributed by atoms with Crippen molar-refractivity contribution in [3.05, 3.63) is 82.0 Å². The van der Waals surface area contributed by atoms with Crippen LogP contribution in [0.25, 0.3) is 0 Å². The fraction of sp³-hybridized carbons (Fsp3) is 0.227. The molecule has 0 N–H and O–H groups in total. The molecule has 1 amide bonds. The topological polar surface area (TPSA) is 42.7 Å². The van der Waals surface area contributed by atoms with Crippen molar-refractivity contribution >= 4 is 27.5 Å². The minimum absolute atomic E-state index is 0.00975. The molecule has 2 heterocycles. The Hall–Kier alpha value is -2.60. The number of benzene rings is 2. The van der Waals surface area contributed by atoms with Gasteiger partial charge in [-0.05, 0) is 83.7 Å². The number of carbonyl (C=O) groups excluding carboxylic acids is 1. The highest BCUT2D eigenvalue weighted by atomic mass is 79.9. The number of halogens is 2. The number of fused-ring (bicyclic) bond motifs is 1. The molecule has 1 atom stereocenters. The predicted molar refractivity (Wildman–Crippen MR) is 108 cm³/mol. The van der Waals surface area contributed by atoms with E-state index in [0.29, 0.717) is 11.5 Å². The Balaban J connectivity index is 1.52. The molecular weight excluding hydrogens is 425 g/mol. The molecule has 28 heavy (non-hydrogen) atoms. The predicted octanol–water partition coefficient (Wildman–Crippen LogP) is 5.74. The van der Waals surface area contributed by atoms with Crippen molar-refractivity contribution in [2.45, 2.75) is 32.4 Å². The molecule has 0 saturated heterocycles. The zero-order valence-electron chi connectivity index (χ0n) is 15.3. The van der Waals surface area contributed by atoms with Crippen LogP contribution in [-0.2, 0) is 13.0 Å². The number of para-hydroxylation sites is 1. The third kappa shape index (κ3) is 3.69. The van der Waals surface area contributed by atoms with Crippen molar-refractivity contribution in [1.82, 2.24) is 0 Å². The maximum absolute atomic E-state index is 13.6. The van der Waals surface area contributed by atoms with E-state index in [0.717, 1.165) is 28.6 Å². The van der Waals surface area contributed by atoms with Gasteiger partial charge in [0.2, 0.25) is 0 Å². The highest BCUT2D eigenvalue weighted by Crippen LogP contribution is 2.33. The Bertz CT molecular complexity index is 1020. The van der Waals surface area contributed by atoms with Crippen LogP contribution < -0.4 is 9.64 Å². The molecule has 0 radical (unpaired) electrons. The van der Waals surface area contributed by atoms with Crippen LogP contribution in [0.15, 0.2) is 63.5 Å². The third-order valence-corrected chi connectivity index (χ3v) is 5.53. The number of furan rings is 1. The Kier molecular flexibility index (Phi) is 5.22. The van der Waals surface area contributed by atoms with Crippen LogP contribution >= 0.6 is 15.9 Å². The maximum Gasteiger partial charge on any atom is 0.294 e. The summed E-state index contributed by atoms with van der Waals surface area (Å²) in [5, 5.41) is 0. The van der Waals surface area contributed by atoms with Gasteiger partial charge in [0.1, 0.15) is 23.9 Å². The molecule has 0 aliphatic carbocycles. The van der Waals surface area contributed by atoms with Gasteiger partial charge in [0, 0.05) is 11.7 Å². The van der Waals surface area contributed by atoms with E-state index in [4.69, 9.17) is 9.15 Å². The monoisotopic (exact) mass is 443 g/mol. The van der Waals surface area contributed by atoms with Gasteiger partial charge in [-0.25, -0.2) is 4.39 Å². The van der Waals surface area contributed by atoms with Crippen molar-refractivity contribution in [3.8, 4) is 5.75 Å². The van der Waals surface area contributed by atoms with E-state index in [-0.39, 0.29) is 30.1 Å². The summed E-state index contributed by atoms with van der Waals surface area (Å²) < 4.78 is 25.9. The Morgan fingerprint density at radius 1 is 1.25 bits per heavy atom. The molecule has 144 valence electrons. The van der Waals surface area contributed by atoms with Crippen LogP contribution in [0.5, 0.6) is 5.75 Å². The summed E-state index contributed by atoms with van der Waals surface area (Å²) in [6.07, 6.45) is 1.53. The number of anilines is 1. The summed E-state index contributed by atoms with van der Waals surface area (Å²) >= 11 is 3.43. The quantitative estimate of drug-likeness (QED) is 0.515. The molecule has 2 aromatic carbocycles. The highest BCUT2D eigenvalue weighted by Gasteiger charge is 2.30. The first-order chi connectivity index (χ1) is 13.5. The van der Waals surface area contributed by atoms with E-state index in [2.05, 4.69) is 15.9 Å². The van der Waals surface area contributed by atoms with Gasteiger partial charge in [0.25, 0.3) is 5.91 Å². The summed E-state index contributed by atoms with van der Waals surface area (Å²) in [7, 11) is 0. The smallest absolute Gasteiger partial charge is 0.294 e. The van der Waals surface area contributed by atoms with Crippen molar-refractivity contribution < 1.29 is 18.3 Å². The first-order valence-corrected chi connectivity index (χ1v) is 9.90. The van der Waals surface area contributed by atoms with Gasteiger partial charge in [-0.2, -0.15) is 0 Å². The SMILES string of the molecule is C[C@@H]1CCc2cc(F)ccc2N1C(=O)c1ccc(COc2ccccc2Br)o1. The molecule has 1 aliphatic heterocycles. The zero-order chi connectivity index (χ0) is 19.7. The number of aryl methyl sites for hydroxylation is 1. The van der Waals surface area contributed by atoms with Crippen molar-refractivity contribution in [2.24, 2.45) is 0 Å². The molecule has 0 spiro atoms. The molecule has 0 bridgehead atoms. The fourth-order valence-electron chi connectivity index (χ4n) is 3.43. The van der Waals surface area contributed by atoms with Crippen molar-refractivity contribution in [3.63, 3.8) is 0 Å². The van der Waals surface area contributed by atoms with Crippen LogP contribution in [0, 0.1) is 5.82 Å². The normalized spacial score (nSPS) is 16.0. The molecular formula is C22H19BrFNO3. The van der Waals surface area contributed by atoms with Gasteiger partial charge in [-0.3, -0.25) is 4.79 Å². The molecule has 0 saturated carbocycles. The summed E-state index contributed by atoms with van der Waals surface area (Å²) in [5.74, 6) is 0.989. The number of nitrogens with zero attached hydrogens (tertiary/aromatic N) is 1. The molecule has 0 fully saturated rings. The second kappa shape index (κ2) is 7.80. The summed E-state index contributed by atoms with van der Waals surface area (Å²) in [5.41, 5.74) is 1.59. The van der Waals surface area contributed by atoms with E-state index >= 15 is 0 Å². The van der Waals surface area contributed by atoms with Crippen molar-refractivity contribution in [1.29, 1.82) is 0 Å². The van der Waals surface area contributed by atoms with E-state index in [1.165, 1.54) is 12.1 Å². The van der Waals surface area contributed by atoms with Gasteiger partial charge in [0.15, 0.2) is 5.76 Å². The number of rotatable bonds is 4. The third-order valence-electron chi connectivity index (χ3n) is 4.87. The summed E-state index contributed by atoms with van der Waals surface area (Å²) in [6.45, 7) is 2.21. The lowest BCUT2D eigenvalue weighted by Gasteiger charge is -2.34. The number of hydrogen-bond donors (Lipinski definition) is 0. The van der Waals surface area contributed by atoms with Crippen LogP contribution in [0.1, 0.15) is 35.2 Å². The Labute approximate surface area is 171 Å². The summed E-state index contributed by atoms with van der Waals surface area (Å²) in [6, 6.07) is 15.5. The van der Waals surface area contributed by atoms with Crippen LogP contribution in [0.2, 0.25) is 0 Å². The largest absolute Gasteiger partial charge is 0.484 e. The van der Waals surface area contributed by atoms with E-state index < -0.39 is 0 Å². The minimum atomic E-state index is -0.287. The van der Waals surface area contributed by atoms with Crippen molar-refractivity contribution in [2.75, 3.05) is 4.90 Å². The van der Waals surface area contributed by atoms with Crippen LogP contribution in [0.3, 0.4) is 0 Å². The molecule has 1 aliphatic rings. The number of hydrogen-bond acceptors (Lipinski definition) is 3. The summed E-state index contributed by atoms with van der Waals surface area (Å²) in [4.78, 5) is 14.8. The van der Waals surface area contributed by atoms with Gasteiger partial charge >= 0.3 is 0 Å². The zero-order valence-corrected chi connectivity index (χ0v) is 16.9. The second-order valence-electron chi connectivity index (χ2n) is 6.82. The lowest BCUT2D eigenvalue weighted by Crippen LogP contribution is -2.42. The van der Waals surface area contributed by atoms with E-state index in [1.54, 1.807) is 23.1 Å². The standard InChI is InChI=1S/C22H19BrFNO3/c1-14-6-7-15-12-16(24)8-10-19(15)25(14)22(26)21-11-9-17(28-21)13-27-20-5-3-2-4-18(20)23/h2-5,8-12,14H,6-7,13H2,1H3/t14-/m1/s1. The number of carbonyl (C=O) groups is 1. The molecule has 3 aromatic rings.